The summed E-state index contributed by atoms with van der Waals surface area (Å²) in [4.78, 5) is 22.4. The van der Waals surface area contributed by atoms with E-state index in [1.807, 2.05) is 6.07 Å². The van der Waals surface area contributed by atoms with Gasteiger partial charge in [-0.1, -0.05) is 12.1 Å². The van der Waals surface area contributed by atoms with E-state index in [-0.39, 0.29) is 24.9 Å². The minimum atomic E-state index is -0.439. The first-order valence-electron chi connectivity index (χ1n) is 6.41. The van der Waals surface area contributed by atoms with Crippen molar-refractivity contribution < 1.29 is 19.1 Å². The molecule has 0 spiro atoms. The van der Waals surface area contributed by atoms with Crippen LogP contribution >= 0.6 is 12.4 Å². The van der Waals surface area contributed by atoms with Crippen molar-refractivity contribution in [3.05, 3.63) is 29.8 Å². The van der Waals surface area contributed by atoms with Gasteiger partial charge in [-0.25, -0.2) is 4.79 Å². The summed E-state index contributed by atoms with van der Waals surface area (Å²) in [6.45, 7) is 0.784. The Balaban J connectivity index is 0.00000400. The van der Waals surface area contributed by atoms with E-state index in [0.29, 0.717) is 31.7 Å². The molecule has 0 fully saturated rings. The number of carbonyl (C=O) groups excluding carboxylic acids is 2. The summed E-state index contributed by atoms with van der Waals surface area (Å²) in [6.07, 6.45) is 1.10. The Bertz CT molecular complexity index is 454. The van der Waals surface area contributed by atoms with Crippen LogP contribution in [0, 0.1) is 0 Å². The molecule has 0 saturated heterocycles. The van der Waals surface area contributed by atoms with Crippen LogP contribution in [0.15, 0.2) is 24.3 Å². The van der Waals surface area contributed by atoms with Crippen LogP contribution < -0.4 is 15.8 Å². The fourth-order valence-electron chi connectivity index (χ4n) is 1.50. The molecule has 0 aromatic heterocycles. The van der Waals surface area contributed by atoms with Gasteiger partial charge in [0.2, 0.25) is 5.91 Å². The molecular weight excluding hydrogens is 296 g/mol. The van der Waals surface area contributed by atoms with Gasteiger partial charge >= 0.3 is 5.97 Å². The molecule has 0 aliphatic rings. The summed E-state index contributed by atoms with van der Waals surface area (Å²) < 4.78 is 9.75. The van der Waals surface area contributed by atoms with Crippen molar-refractivity contribution in [1.29, 1.82) is 0 Å². The fraction of sp³-hybridized carbons (Fsp3) is 0.429. The Morgan fingerprint density at radius 1 is 1.33 bits per heavy atom. The van der Waals surface area contributed by atoms with E-state index in [1.54, 1.807) is 18.2 Å². The van der Waals surface area contributed by atoms with Crippen LogP contribution in [0.4, 0.5) is 0 Å². The zero-order valence-corrected chi connectivity index (χ0v) is 12.8. The van der Waals surface area contributed by atoms with E-state index in [9.17, 15) is 9.59 Å². The molecule has 0 saturated carbocycles. The first-order valence-corrected chi connectivity index (χ1v) is 6.41. The zero-order chi connectivity index (χ0) is 14.8. The molecular formula is C14H21ClN2O4. The standard InChI is InChI=1S/C14H20N2O4.ClH/c1-19-14(18)10-20-12-5-2-4-11(8-12)9-16-13(17)6-3-7-15;/h2,4-5,8H,3,6-7,9-10,15H2,1H3,(H,16,17);1H. The number of nitrogens with one attached hydrogen (secondary N) is 1. The monoisotopic (exact) mass is 316 g/mol. The van der Waals surface area contributed by atoms with Gasteiger partial charge in [-0.05, 0) is 30.7 Å². The minimum absolute atomic E-state index is 0. The quantitative estimate of drug-likeness (QED) is 0.699. The number of halogens is 1. The summed E-state index contributed by atoms with van der Waals surface area (Å²) in [5.41, 5.74) is 6.24. The maximum absolute atomic E-state index is 11.5. The van der Waals surface area contributed by atoms with Gasteiger partial charge in [-0.2, -0.15) is 0 Å². The Kier molecular flexibility index (Phi) is 10.0. The van der Waals surface area contributed by atoms with Crippen molar-refractivity contribution in [3.8, 4) is 5.75 Å². The van der Waals surface area contributed by atoms with Crippen LogP contribution in [-0.2, 0) is 20.9 Å². The topological polar surface area (TPSA) is 90.6 Å². The number of nitrogens with two attached hydrogens (primary N) is 1. The van der Waals surface area contributed by atoms with Crippen LogP contribution in [0.1, 0.15) is 18.4 Å². The predicted molar refractivity (Wildman–Crippen MR) is 81.3 cm³/mol. The summed E-state index contributed by atoms with van der Waals surface area (Å²) >= 11 is 0. The first kappa shape index (κ1) is 19.2. The number of methoxy groups -OCH3 is 1. The first-order chi connectivity index (χ1) is 9.65. The summed E-state index contributed by atoms with van der Waals surface area (Å²) in [6, 6.07) is 7.18. The molecule has 0 heterocycles. The summed E-state index contributed by atoms with van der Waals surface area (Å²) in [5.74, 6) is 0.0888. The van der Waals surface area contributed by atoms with Gasteiger partial charge in [0.15, 0.2) is 6.61 Å². The van der Waals surface area contributed by atoms with Gasteiger partial charge in [-0.3, -0.25) is 4.79 Å². The van der Waals surface area contributed by atoms with Gasteiger partial charge in [-0.15, -0.1) is 12.4 Å². The lowest BCUT2D eigenvalue weighted by molar-refractivity contribution is -0.142. The number of hydrogen-bond acceptors (Lipinski definition) is 5. The van der Waals surface area contributed by atoms with Gasteiger partial charge in [0.05, 0.1) is 7.11 Å². The third-order valence-corrected chi connectivity index (χ3v) is 2.58. The molecule has 7 heteroatoms. The van der Waals surface area contributed by atoms with Crippen LogP contribution in [0.25, 0.3) is 0 Å². The largest absolute Gasteiger partial charge is 0.482 e. The molecule has 0 radical (unpaired) electrons. The highest BCUT2D eigenvalue weighted by Crippen LogP contribution is 2.13. The Hall–Kier alpha value is -1.79. The third kappa shape index (κ3) is 8.16. The number of carbonyl (C=O) groups is 2. The van der Waals surface area contributed by atoms with E-state index < -0.39 is 5.97 Å². The minimum Gasteiger partial charge on any atom is -0.482 e. The molecule has 1 amide bonds. The van der Waals surface area contributed by atoms with E-state index >= 15 is 0 Å². The van der Waals surface area contributed by atoms with Crippen LogP contribution in [0.3, 0.4) is 0 Å². The molecule has 0 aliphatic carbocycles. The molecule has 3 N–H and O–H groups in total. The fourth-order valence-corrected chi connectivity index (χ4v) is 1.50. The highest BCUT2D eigenvalue weighted by atomic mass is 35.5. The van der Waals surface area contributed by atoms with Crippen LogP contribution in [0.5, 0.6) is 5.75 Å². The zero-order valence-electron chi connectivity index (χ0n) is 12.0. The highest BCUT2D eigenvalue weighted by molar-refractivity contribution is 5.85. The molecule has 1 aromatic rings. The smallest absolute Gasteiger partial charge is 0.343 e. The molecule has 118 valence electrons. The Morgan fingerprint density at radius 3 is 2.76 bits per heavy atom. The van der Waals surface area contributed by atoms with E-state index in [1.165, 1.54) is 7.11 Å². The number of benzene rings is 1. The van der Waals surface area contributed by atoms with E-state index in [0.717, 1.165) is 5.56 Å². The average molecular weight is 317 g/mol. The molecule has 1 rings (SSSR count). The lowest BCUT2D eigenvalue weighted by atomic mass is 10.2. The molecule has 0 aliphatic heterocycles. The summed E-state index contributed by atoms with van der Waals surface area (Å²) in [5, 5.41) is 2.80. The number of amides is 1. The Morgan fingerprint density at radius 2 is 2.10 bits per heavy atom. The highest BCUT2D eigenvalue weighted by Gasteiger charge is 2.04. The second-order valence-corrected chi connectivity index (χ2v) is 4.18. The van der Waals surface area contributed by atoms with Gasteiger partial charge < -0.3 is 20.5 Å². The SMILES string of the molecule is COC(=O)COc1cccc(CNC(=O)CCCN)c1.Cl. The molecule has 1 aromatic carbocycles. The van der Waals surface area contributed by atoms with Crippen molar-refractivity contribution in [2.75, 3.05) is 20.3 Å². The average Bonchev–Trinajstić information content (AvgIpc) is 2.48. The number of ether oxygens (including phenoxy) is 2. The predicted octanol–water partition coefficient (Wildman–Crippen LogP) is 1.02. The van der Waals surface area contributed by atoms with Gasteiger partial charge in [0.1, 0.15) is 5.75 Å². The van der Waals surface area contributed by atoms with E-state index in [2.05, 4.69) is 10.1 Å². The van der Waals surface area contributed by atoms with E-state index in [4.69, 9.17) is 10.5 Å². The molecule has 6 nitrogen and oxygen atoms in total. The van der Waals surface area contributed by atoms with Crippen LogP contribution in [0.2, 0.25) is 0 Å². The second-order valence-electron chi connectivity index (χ2n) is 4.18. The van der Waals surface area contributed by atoms with Crippen molar-refractivity contribution in [2.45, 2.75) is 19.4 Å². The van der Waals surface area contributed by atoms with Gasteiger partial charge in [0.25, 0.3) is 0 Å². The lowest BCUT2D eigenvalue weighted by Gasteiger charge is -2.08. The second kappa shape index (κ2) is 10.9. The van der Waals surface area contributed by atoms with Crippen LogP contribution in [-0.4, -0.2) is 32.1 Å². The van der Waals surface area contributed by atoms with Crippen molar-refractivity contribution in [2.24, 2.45) is 5.73 Å². The molecule has 21 heavy (non-hydrogen) atoms. The Labute approximate surface area is 130 Å². The van der Waals surface area contributed by atoms with Gasteiger partial charge in [0, 0.05) is 13.0 Å². The molecule has 0 atom stereocenters. The maximum atomic E-state index is 11.5. The van der Waals surface area contributed by atoms with Crippen molar-refractivity contribution in [3.63, 3.8) is 0 Å². The molecule has 0 bridgehead atoms. The summed E-state index contributed by atoms with van der Waals surface area (Å²) in [7, 11) is 1.30. The lowest BCUT2D eigenvalue weighted by Crippen LogP contribution is -2.23. The number of esters is 1. The number of rotatable bonds is 8. The maximum Gasteiger partial charge on any atom is 0.343 e. The van der Waals surface area contributed by atoms with Crippen molar-refractivity contribution >= 4 is 24.3 Å². The number of hydrogen-bond donors (Lipinski definition) is 2. The normalized spacial score (nSPS) is 9.43. The third-order valence-electron chi connectivity index (χ3n) is 2.58. The van der Waals surface area contributed by atoms with Crippen molar-refractivity contribution in [1.82, 2.24) is 5.32 Å². The molecule has 0 unspecified atom stereocenters.